The van der Waals surface area contributed by atoms with Gasteiger partial charge in [-0.2, -0.15) is 5.10 Å². The lowest BCUT2D eigenvalue weighted by molar-refractivity contribution is 0.120. The van der Waals surface area contributed by atoms with Crippen LogP contribution in [0.4, 0.5) is 11.5 Å². The summed E-state index contributed by atoms with van der Waals surface area (Å²) >= 11 is 0. The molecule has 3 N–H and O–H groups in total. The van der Waals surface area contributed by atoms with Gasteiger partial charge >= 0.3 is 0 Å². The lowest BCUT2D eigenvalue weighted by Crippen LogP contribution is -2.20. The van der Waals surface area contributed by atoms with Gasteiger partial charge in [-0.3, -0.25) is 4.68 Å². The number of nitrogen functional groups attached to an aromatic ring is 1. The van der Waals surface area contributed by atoms with Gasteiger partial charge in [0.15, 0.2) is 0 Å². The molecule has 2 rings (SSSR count). The number of anilines is 2. The minimum absolute atomic E-state index is 0.319. The predicted molar refractivity (Wildman–Crippen MR) is 64.5 cm³/mol. The molecule has 1 aliphatic rings. The molecule has 5 heteroatoms. The molecular weight excluding hydrogens is 204 g/mol. The molecule has 1 aliphatic heterocycles. The topological polar surface area (TPSA) is 65.1 Å². The van der Waals surface area contributed by atoms with Crippen molar-refractivity contribution in [2.75, 3.05) is 24.2 Å². The molecule has 1 unspecified atom stereocenters. The minimum Gasteiger partial charge on any atom is -0.394 e. The van der Waals surface area contributed by atoms with Gasteiger partial charge in [0.25, 0.3) is 0 Å². The van der Waals surface area contributed by atoms with Crippen LogP contribution in [0.25, 0.3) is 0 Å². The van der Waals surface area contributed by atoms with E-state index in [1.165, 1.54) is 0 Å². The Morgan fingerprint density at radius 3 is 3.00 bits per heavy atom. The monoisotopic (exact) mass is 224 g/mol. The molecule has 0 aromatic carbocycles. The molecule has 90 valence electrons. The van der Waals surface area contributed by atoms with Gasteiger partial charge in [-0.15, -0.1) is 0 Å². The summed E-state index contributed by atoms with van der Waals surface area (Å²) in [7, 11) is 1.91. The Labute approximate surface area is 96.0 Å². The lowest BCUT2D eigenvalue weighted by Gasteiger charge is -2.12. The second-order valence-corrected chi connectivity index (χ2v) is 4.20. The Morgan fingerprint density at radius 1 is 1.62 bits per heavy atom. The molecule has 0 amide bonds. The first-order valence-corrected chi connectivity index (χ1v) is 5.89. The van der Waals surface area contributed by atoms with Crippen LogP contribution in [0, 0.1) is 0 Å². The highest BCUT2D eigenvalue weighted by atomic mass is 16.5. The largest absolute Gasteiger partial charge is 0.394 e. The van der Waals surface area contributed by atoms with E-state index in [1.807, 2.05) is 11.7 Å². The smallest absolute Gasteiger partial charge is 0.147 e. The first-order chi connectivity index (χ1) is 7.72. The first-order valence-electron chi connectivity index (χ1n) is 5.89. The quantitative estimate of drug-likeness (QED) is 0.805. The third-order valence-electron chi connectivity index (χ3n) is 3.02. The van der Waals surface area contributed by atoms with Crippen molar-refractivity contribution in [1.82, 2.24) is 9.78 Å². The van der Waals surface area contributed by atoms with Gasteiger partial charge in [-0.05, 0) is 19.3 Å². The molecule has 0 saturated carbocycles. The number of aryl methyl sites for hydroxylation is 2. The van der Waals surface area contributed by atoms with Crippen LogP contribution in [0.1, 0.15) is 25.5 Å². The number of aromatic nitrogens is 2. The maximum atomic E-state index is 6.01. The summed E-state index contributed by atoms with van der Waals surface area (Å²) in [5.74, 6) is 0.910. The summed E-state index contributed by atoms with van der Waals surface area (Å²) in [5.41, 5.74) is 7.74. The number of hydrogen-bond donors (Lipinski definition) is 2. The van der Waals surface area contributed by atoms with Crippen molar-refractivity contribution in [3.63, 3.8) is 0 Å². The van der Waals surface area contributed by atoms with Crippen LogP contribution in [-0.2, 0) is 18.2 Å². The van der Waals surface area contributed by atoms with E-state index in [-0.39, 0.29) is 0 Å². The number of hydrogen-bond acceptors (Lipinski definition) is 4. The van der Waals surface area contributed by atoms with Crippen LogP contribution in [0.15, 0.2) is 0 Å². The van der Waals surface area contributed by atoms with Crippen molar-refractivity contribution in [3.8, 4) is 0 Å². The van der Waals surface area contributed by atoms with Gasteiger partial charge in [0, 0.05) is 20.2 Å². The molecule has 1 aromatic rings. The molecule has 0 aliphatic carbocycles. The van der Waals surface area contributed by atoms with Crippen LogP contribution >= 0.6 is 0 Å². The highest BCUT2D eigenvalue weighted by molar-refractivity contribution is 5.65. The number of nitrogens with zero attached hydrogens (tertiary/aromatic N) is 2. The molecule has 2 heterocycles. The van der Waals surface area contributed by atoms with Crippen LogP contribution < -0.4 is 11.1 Å². The summed E-state index contributed by atoms with van der Waals surface area (Å²) in [6.07, 6.45) is 3.47. The molecular formula is C11H20N4O. The average Bonchev–Trinajstić information content (AvgIpc) is 2.86. The Bertz CT molecular complexity index is 355. The lowest BCUT2D eigenvalue weighted by atomic mass is 10.2. The van der Waals surface area contributed by atoms with Crippen molar-refractivity contribution in [3.05, 3.63) is 5.69 Å². The molecule has 0 radical (unpaired) electrons. The summed E-state index contributed by atoms with van der Waals surface area (Å²) in [5, 5.41) is 7.69. The van der Waals surface area contributed by atoms with Gasteiger partial charge in [-0.25, -0.2) is 0 Å². The molecule has 0 spiro atoms. The fourth-order valence-corrected chi connectivity index (χ4v) is 2.08. The second kappa shape index (κ2) is 4.74. The molecule has 1 atom stereocenters. The highest BCUT2D eigenvalue weighted by Gasteiger charge is 2.17. The molecule has 16 heavy (non-hydrogen) atoms. The Morgan fingerprint density at radius 2 is 2.44 bits per heavy atom. The zero-order valence-electron chi connectivity index (χ0n) is 9.99. The average molecular weight is 224 g/mol. The molecule has 1 saturated heterocycles. The predicted octanol–water partition coefficient (Wildman–Crippen LogP) is 1.16. The standard InChI is InChI=1S/C11H20N4O/c1-3-9-10(12)11(15(2)14-9)13-7-8-5-4-6-16-8/h8,13H,3-7,12H2,1-2H3. The van der Waals surface area contributed by atoms with Gasteiger partial charge < -0.3 is 15.8 Å². The Kier molecular flexibility index (Phi) is 3.33. The second-order valence-electron chi connectivity index (χ2n) is 4.20. The van der Waals surface area contributed by atoms with E-state index in [2.05, 4.69) is 17.3 Å². The molecule has 0 bridgehead atoms. The summed E-state index contributed by atoms with van der Waals surface area (Å²) < 4.78 is 7.36. The van der Waals surface area contributed by atoms with Gasteiger partial charge in [0.2, 0.25) is 0 Å². The maximum absolute atomic E-state index is 6.01. The number of nitrogens with one attached hydrogen (secondary N) is 1. The molecule has 1 fully saturated rings. The number of rotatable bonds is 4. The molecule has 1 aromatic heterocycles. The van der Waals surface area contributed by atoms with E-state index in [1.54, 1.807) is 0 Å². The van der Waals surface area contributed by atoms with Gasteiger partial charge in [-0.1, -0.05) is 6.92 Å². The zero-order chi connectivity index (χ0) is 11.5. The summed E-state index contributed by atoms with van der Waals surface area (Å²) in [4.78, 5) is 0. The fourth-order valence-electron chi connectivity index (χ4n) is 2.08. The zero-order valence-corrected chi connectivity index (χ0v) is 9.99. The van der Waals surface area contributed by atoms with Crippen LogP contribution in [0.2, 0.25) is 0 Å². The van der Waals surface area contributed by atoms with Gasteiger partial charge in [0.1, 0.15) is 5.82 Å². The summed E-state index contributed by atoms with van der Waals surface area (Å²) in [6, 6.07) is 0. The van der Waals surface area contributed by atoms with E-state index < -0.39 is 0 Å². The number of nitrogens with two attached hydrogens (primary N) is 1. The highest BCUT2D eigenvalue weighted by Crippen LogP contribution is 2.23. The normalized spacial score (nSPS) is 20.2. The van der Waals surface area contributed by atoms with Crippen LogP contribution in [-0.4, -0.2) is 29.0 Å². The third kappa shape index (κ3) is 2.14. The van der Waals surface area contributed by atoms with Crippen molar-refractivity contribution >= 4 is 11.5 Å². The van der Waals surface area contributed by atoms with Crippen LogP contribution in [0.5, 0.6) is 0 Å². The van der Waals surface area contributed by atoms with E-state index in [0.717, 1.165) is 49.6 Å². The Hall–Kier alpha value is -1.23. The molecule has 5 nitrogen and oxygen atoms in total. The van der Waals surface area contributed by atoms with Crippen molar-refractivity contribution in [2.24, 2.45) is 7.05 Å². The van der Waals surface area contributed by atoms with Crippen molar-refractivity contribution in [1.29, 1.82) is 0 Å². The number of ether oxygens (including phenoxy) is 1. The maximum Gasteiger partial charge on any atom is 0.147 e. The Balaban J connectivity index is 2.00. The van der Waals surface area contributed by atoms with Crippen molar-refractivity contribution in [2.45, 2.75) is 32.3 Å². The minimum atomic E-state index is 0.319. The first kappa shape index (κ1) is 11.3. The third-order valence-corrected chi connectivity index (χ3v) is 3.02. The van der Waals surface area contributed by atoms with Crippen molar-refractivity contribution < 1.29 is 4.74 Å². The van der Waals surface area contributed by atoms with E-state index >= 15 is 0 Å². The van der Waals surface area contributed by atoms with E-state index in [9.17, 15) is 0 Å². The van der Waals surface area contributed by atoms with E-state index in [4.69, 9.17) is 10.5 Å². The van der Waals surface area contributed by atoms with Gasteiger partial charge in [0.05, 0.1) is 17.5 Å². The summed E-state index contributed by atoms with van der Waals surface area (Å²) in [6.45, 7) is 3.75. The SMILES string of the molecule is CCc1nn(C)c(NCC2CCCO2)c1N. The van der Waals surface area contributed by atoms with E-state index in [0.29, 0.717) is 6.10 Å². The fraction of sp³-hybridized carbons (Fsp3) is 0.727. The van der Waals surface area contributed by atoms with Crippen LogP contribution in [0.3, 0.4) is 0 Å².